The maximum Gasteiger partial charge on any atom is 0.261 e. The molecule has 4 aromatic rings. The van der Waals surface area contributed by atoms with Gasteiger partial charge in [0, 0.05) is 28.5 Å². The summed E-state index contributed by atoms with van der Waals surface area (Å²) >= 11 is 12.6. The van der Waals surface area contributed by atoms with Crippen LogP contribution in [0.1, 0.15) is 63.6 Å². The highest BCUT2D eigenvalue weighted by Gasteiger charge is 2.50. The number of halogens is 2. The number of carbonyl (C=O) groups excluding carboxylic acids is 1. The van der Waals surface area contributed by atoms with Crippen LogP contribution in [0.4, 0.5) is 0 Å². The molecule has 1 aliphatic rings. The summed E-state index contributed by atoms with van der Waals surface area (Å²) in [4.78, 5) is 13.7. The van der Waals surface area contributed by atoms with Crippen molar-refractivity contribution in [2.24, 2.45) is 11.8 Å². The Hall–Kier alpha value is -2.89. The maximum atomic E-state index is 13.7. The van der Waals surface area contributed by atoms with Crippen molar-refractivity contribution >= 4 is 47.8 Å². The van der Waals surface area contributed by atoms with E-state index in [-0.39, 0.29) is 34.7 Å². The van der Waals surface area contributed by atoms with Crippen LogP contribution in [-0.2, 0) is 9.22 Å². The number of rotatable bonds is 9. The van der Waals surface area contributed by atoms with Gasteiger partial charge in [-0.1, -0.05) is 136 Å². The molecular weight excluding hydrogens is 589 g/mol. The molecule has 0 spiro atoms. The molecule has 0 bridgehead atoms. The van der Waals surface area contributed by atoms with Crippen LogP contribution in [-0.4, -0.2) is 20.8 Å². The molecule has 1 heterocycles. The average molecular weight is 631 g/mol. The maximum absolute atomic E-state index is 13.7. The van der Waals surface area contributed by atoms with Crippen molar-refractivity contribution in [3.05, 3.63) is 130 Å². The number of benzene rings is 4. The van der Waals surface area contributed by atoms with Gasteiger partial charge in [0.1, 0.15) is 0 Å². The van der Waals surface area contributed by atoms with E-state index in [9.17, 15) is 4.79 Å². The highest BCUT2D eigenvalue weighted by atomic mass is 35.5. The van der Waals surface area contributed by atoms with Crippen LogP contribution >= 0.6 is 23.2 Å². The molecule has 6 heteroatoms. The number of nitrogens with one attached hydrogen (secondary N) is 1. The molecule has 1 fully saturated rings. The molecule has 0 unspecified atom stereocenters. The second-order valence-corrected chi connectivity index (χ2v) is 18.0. The Balaban J connectivity index is 1.39. The van der Waals surface area contributed by atoms with Crippen LogP contribution < -0.4 is 15.7 Å². The topological polar surface area (TPSA) is 38.3 Å². The van der Waals surface area contributed by atoms with E-state index in [1.165, 1.54) is 10.4 Å². The lowest BCUT2D eigenvalue weighted by atomic mass is 9.73. The first-order valence-electron chi connectivity index (χ1n) is 15.2. The van der Waals surface area contributed by atoms with Gasteiger partial charge in [-0.25, -0.2) is 0 Å². The Labute approximate surface area is 267 Å². The zero-order valence-corrected chi connectivity index (χ0v) is 27.9. The Morgan fingerprint density at radius 2 is 1.42 bits per heavy atom. The van der Waals surface area contributed by atoms with E-state index >= 15 is 0 Å². The van der Waals surface area contributed by atoms with Gasteiger partial charge in [0.15, 0.2) is 0 Å². The average Bonchev–Trinajstić information content (AvgIpc) is 3.00. The minimum Gasteiger partial charge on any atom is -0.407 e. The molecule has 4 atom stereocenters. The van der Waals surface area contributed by atoms with Gasteiger partial charge < -0.3 is 9.74 Å². The van der Waals surface area contributed by atoms with Crippen molar-refractivity contribution in [1.29, 1.82) is 0 Å². The van der Waals surface area contributed by atoms with Gasteiger partial charge in [0.05, 0.1) is 6.04 Å². The number of hydrogen-bond donors (Lipinski definition) is 1. The fourth-order valence-corrected chi connectivity index (χ4v) is 11.7. The minimum atomic E-state index is -2.64. The lowest BCUT2D eigenvalue weighted by Gasteiger charge is -2.43. The monoisotopic (exact) mass is 629 g/mol. The zero-order valence-electron chi connectivity index (χ0n) is 25.4. The van der Waals surface area contributed by atoms with Crippen molar-refractivity contribution in [1.82, 2.24) is 5.32 Å². The van der Waals surface area contributed by atoms with Crippen molar-refractivity contribution in [2.75, 3.05) is 6.61 Å². The minimum absolute atomic E-state index is 0.0858. The van der Waals surface area contributed by atoms with Crippen molar-refractivity contribution in [2.45, 2.75) is 57.5 Å². The molecule has 0 saturated carbocycles. The van der Waals surface area contributed by atoms with E-state index in [0.717, 1.165) is 24.0 Å². The molecule has 3 nitrogen and oxygen atoms in total. The number of piperidine rings is 1. The summed E-state index contributed by atoms with van der Waals surface area (Å²) in [6.07, 6.45) is 1.52. The van der Waals surface area contributed by atoms with Gasteiger partial charge in [-0.05, 0) is 69.6 Å². The first kappa shape index (κ1) is 31.5. The summed E-state index contributed by atoms with van der Waals surface area (Å²) in [5.41, 5.74) is 2.18. The SMILES string of the molecule is C[C@@H](CCO[Si](c1ccccc1)(c1ccccc1)C(C)(C)C)[C@H]1C[C@H](c2cccc(Cl)c2)[C@@H](c2ccc(Cl)cc2)NC1=O. The summed E-state index contributed by atoms with van der Waals surface area (Å²) in [6, 6.07) is 37.1. The van der Waals surface area contributed by atoms with Gasteiger partial charge in [0.25, 0.3) is 8.32 Å². The van der Waals surface area contributed by atoms with E-state index in [1.807, 2.05) is 42.5 Å². The van der Waals surface area contributed by atoms with E-state index in [0.29, 0.717) is 16.7 Å². The predicted molar refractivity (Wildman–Crippen MR) is 182 cm³/mol. The molecule has 1 aliphatic heterocycles. The molecule has 0 aliphatic carbocycles. The fourth-order valence-electron chi connectivity index (χ4n) is 6.78. The molecule has 224 valence electrons. The summed E-state index contributed by atoms with van der Waals surface area (Å²) in [7, 11) is -2.64. The first-order chi connectivity index (χ1) is 20.6. The van der Waals surface area contributed by atoms with E-state index < -0.39 is 8.32 Å². The summed E-state index contributed by atoms with van der Waals surface area (Å²) < 4.78 is 7.17. The van der Waals surface area contributed by atoms with E-state index in [2.05, 4.69) is 99.7 Å². The number of carbonyl (C=O) groups is 1. The molecule has 1 N–H and O–H groups in total. The third-order valence-corrected chi connectivity index (χ3v) is 14.6. The second-order valence-electron chi connectivity index (χ2n) is 12.8. The Kier molecular flexibility index (Phi) is 9.82. The van der Waals surface area contributed by atoms with Gasteiger partial charge in [-0.15, -0.1) is 0 Å². The van der Waals surface area contributed by atoms with Crippen LogP contribution in [0.25, 0.3) is 0 Å². The largest absolute Gasteiger partial charge is 0.407 e. The molecule has 0 radical (unpaired) electrons. The fraction of sp³-hybridized carbons (Fsp3) is 0.324. The van der Waals surface area contributed by atoms with Gasteiger partial charge in [0.2, 0.25) is 5.91 Å². The van der Waals surface area contributed by atoms with Crippen LogP contribution in [0.3, 0.4) is 0 Å². The quantitative estimate of drug-likeness (QED) is 0.188. The molecular formula is C37H41Cl2NO2Si. The summed E-state index contributed by atoms with van der Waals surface area (Å²) in [5, 5.41) is 7.20. The number of hydrogen-bond acceptors (Lipinski definition) is 2. The van der Waals surface area contributed by atoms with Crippen LogP contribution in [0.2, 0.25) is 15.1 Å². The lowest BCUT2D eigenvalue weighted by molar-refractivity contribution is -0.130. The smallest absolute Gasteiger partial charge is 0.261 e. The zero-order chi connectivity index (χ0) is 30.6. The molecule has 4 aromatic carbocycles. The van der Waals surface area contributed by atoms with Crippen molar-refractivity contribution in [3.8, 4) is 0 Å². The lowest BCUT2D eigenvalue weighted by Crippen LogP contribution is -2.66. The molecule has 0 aromatic heterocycles. The Bertz CT molecular complexity index is 1470. The van der Waals surface area contributed by atoms with Crippen LogP contribution in [0.15, 0.2) is 109 Å². The predicted octanol–water partition coefficient (Wildman–Crippen LogP) is 8.56. The van der Waals surface area contributed by atoms with Crippen LogP contribution in [0, 0.1) is 11.8 Å². The van der Waals surface area contributed by atoms with Crippen LogP contribution in [0.5, 0.6) is 0 Å². The number of amides is 1. The standard InChI is InChI=1S/C37H41Cl2NO2Si/c1-26(22-23-42-43(37(2,3)4,31-14-7-5-8-15-31)32-16-9-6-10-17-32)33-25-34(28-12-11-13-30(39)24-28)35(40-36(33)41)27-18-20-29(38)21-19-27/h5-21,24,26,33-35H,22-23,25H2,1-4H3,(H,40,41)/t26-,33+,34+,35+/m0/s1. The van der Waals surface area contributed by atoms with Gasteiger partial charge in [-0.2, -0.15) is 0 Å². The summed E-state index contributed by atoms with van der Waals surface area (Å²) in [5.74, 6) is 0.167. The highest BCUT2D eigenvalue weighted by molar-refractivity contribution is 6.99. The van der Waals surface area contributed by atoms with Crippen molar-refractivity contribution in [3.63, 3.8) is 0 Å². The Morgan fingerprint density at radius 1 is 0.814 bits per heavy atom. The second kappa shape index (κ2) is 13.4. The van der Waals surface area contributed by atoms with Gasteiger partial charge >= 0.3 is 0 Å². The molecule has 43 heavy (non-hydrogen) atoms. The van der Waals surface area contributed by atoms with E-state index in [4.69, 9.17) is 27.6 Å². The normalized spacial score (nSPS) is 20.0. The molecule has 1 saturated heterocycles. The molecule has 1 amide bonds. The Morgan fingerprint density at radius 3 is 1.98 bits per heavy atom. The highest BCUT2D eigenvalue weighted by Crippen LogP contribution is 2.43. The third-order valence-electron chi connectivity index (χ3n) is 9.05. The third kappa shape index (κ3) is 6.78. The van der Waals surface area contributed by atoms with E-state index in [1.54, 1.807) is 0 Å². The van der Waals surface area contributed by atoms with Crippen molar-refractivity contribution < 1.29 is 9.22 Å². The first-order valence-corrected chi connectivity index (χ1v) is 17.8. The van der Waals surface area contributed by atoms with Gasteiger partial charge in [-0.3, -0.25) is 4.79 Å². The summed E-state index contributed by atoms with van der Waals surface area (Å²) in [6.45, 7) is 9.66. The molecule has 5 rings (SSSR count).